The zero-order valence-corrected chi connectivity index (χ0v) is 9.40. The highest BCUT2D eigenvalue weighted by Gasteiger charge is 2.03. The van der Waals surface area contributed by atoms with Gasteiger partial charge in [-0.2, -0.15) is 0 Å². The lowest BCUT2D eigenvalue weighted by molar-refractivity contribution is 0.292. The largest absolute Gasteiger partial charge is 0.388 e. The molecule has 1 N–H and O–H groups in total. The summed E-state index contributed by atoms with van der Waals surface area (Å²) in [6, 6.07) is 0. The first-order chi connectivity index (χ1) is 6.24. The van der Waals surface area contributed by atoms with Gasteiger partial charge in [-0.15, -0.1) is 0 Å². The van der Waals surface area contributed by atoms with Crippen LogP contribution in [-0.4, -0.2) is 31.1 Å². The minimum atomic E-state index is 0.977. The van der Waals surface area contributed by atoms with Crippen molar-refractivity contribution in [3.8, 4) is 0 Å². The fourth-order valence-electron chi connectivity index (χ4n) is 1.48. The molecule has 0 bridgehead atoms. The lowest BCUT2D eigenvalue weighted by atomic mass is 10.3. The van der Waals surface area contributed by atoms with Crippen LogP contribution in [0.15, 0.2) is 12.3 Å². The lowest BCUT2D eigenvalue weighted by Gasteiger charge is -2.22. The Morgan fingerprint density at radius 3 is 2.08 bits per heavy atom. The van der Waals surface area contributed by atoms with Crippen LogP contribution in [0, 0.1) is 0 Å². The molecule has 13 heavy (non-hydrogen) atoms. The summed E-state index contributed by atoms with van der Waals surface area (Å²) in [4.78, 5) is 2.45. The van der Waals surface area contributed by atoms with E-state index in [2.05, 4.69) is 37.6 Å². The molecule has 0 rings (SSSR count). The van der Waals surface area contributed by atoms with Crippen LogP contribution in [-0.2, 0) is 0 Å². The Hall–Kier alpha value is -0.500. The lowest BCUT2D eigenvalue weighted by Crippen LogP contribution is -2.31. The standard InChI is InChI=1S/C11H24N2/c1-5-8-13(9-6-2)10-11(4)12-7-3/h12H,4-10H2,1-3H3. The van der Waals surface area contributed by atoms with Crippen LogP contribution in [0.4, 0.5) is 0 Å². The number of rotatable bonds is 8. The van der Waals surface area contributed by atoms with E-state index in [1.807, 2.05) is 0 Å². The first-order valence-corrected chi connectivity index (χ1v) is 5.38. The van der Waals surface area contributed by atoms with Crippen molar-refractivity contribution in [1.29, 1.82) is 0 Å². The number of nitrogens with one attached hydrogen (secondary N) is 1. The van der Waals surface area contributed by atoms with Crippen molar-refractivity contribution in [3.63, 3.8) is 0 Å². The van der Waals surface area contributed by atoms with Crippen LogP contribution in [0.5, 0.6) is 0 Å². The van der Waals surface area contributed by atoms with Gasteiger partial charge in [0.05, 0.1) is 0 Å². The topological polar surface area (TPSA) is 15.3 Å². The van der Waals surface area contributed by atoms with Crippen LogP contribution < -0.4 is 5.32 Å². The minimum Gasteiger partial charge on any atom is -0.388 e. The second-order valence-electron chi connectivity index (χ2n) is 3.41. The van der Waals surface area contributed by atoms with Gasteiger partial charge in [-0.1, -0.05) is 20.4 Å². The number of hydrogen-bond donors (Lipinski definition) is 1. The van der Waals surface area contributed by atoms with E-state index in [-0.39, 0.29) is 0 Å². The highest BCUT2D eigenvalue weighted by molar-refractivity contribution is 4.93. The third kappa shape index (κ3) is 6.64. The van der Waals surface area contributed by atoms with Crippen molar-refractivity contribution < 1.29 is 0 Å². The molecule has 78 valence electrons. The Bertz CT molecular complexity index is 126. The smallest absolute Gasteiger partial charge is 0.0375 e. The van der Waals surface area contributed by atoms with Gasteiger partial charge in [0, 0.05) is 18.8 Å². The Morgan fingerprint density at radius 2 is 1.69 bits per heavy atom. The Kier molecular flexibility index (Phi) is 7.80. The normalized spacial score (nSPS) is 10.5. The SMILES string of the molecule is C=C(CN(CCC)CCC)NCC. The molecule has 2 nitrogen and oxygen atoms in total. The number of nitrogens with zero attached hydrogens (tertiary/aromatic N) is 1. The second-order valence-corrected chi connectivity index (χ2v) is 3.41. The van der Waals surface area contributed by atoms with Crippen LogP contribution in [0.1, 0.15) is 33.6 Å². The molecule has 0 aromatic rings. The van der Waals surface area contributed by atoms with E-state index in [0.29, 0.717) is 0 Å². The molecule has 0 saturated heterocycles. The molecule has 0 aromatic carbocycles. The molecule has 0 fully saturated rings. The van der Waals surface area contributed by atoms with E-state index in [9.17, 15) is 0 Å². The third-order valence-corrected chi connectivity index (χ3v) is 1.92. The molecule has 0 spiro atoms. The van der Waals surface area contributed by atoms with Gasteiger partial charge in [0.1, 0.15) is 0 Å². The molecule has 0 aliphatic heterocycles. The summed E-state index contributed by atoms with van der Waals surface area (Å²) in [5.41, 5.74) is 1.14. The monoisotopic (exact) mass is 184 g/mol. The Balaban J connectivity index is 3.71. The van der Waals surface area contributed by atoms with Crippen molar-refractivity contribution in [2.45, 2.75) is 33.6 Å². The maximum atomic E-state index is 4.00. The van der Waals surface area contributed by atoms with E-state index in [4.69, 9.17) is 0 Å². The molecule has 0 unspecified atom stereocenters. The van der Waals surface area contributed by atoms with E-state index in [1.54, 1.807) is 0 Å². The average Bonchev–Trinajstić information content (AvgIpc) is 2.05. The van der Waals surface area contributed by atoms with Crippen LogP contribution in [0.2, 0.25) is 0 Å². The van der Waals surface area contributed by atoms with Gasteiger partial charge in [-0.25, -0.2) is 0 Å². The third-order valence-electron chi connectivity index (χ3n) is 1.92. The summed E-state index contributed by atoms with van der Waals surface area (Å²) in [6.45, 7) is 14.9. The van der Waals surface area contributed by atoms with Gasteiger partial charge >= 0.3 is 0 Å². The zero-order chi connectivity index (χ0) is 10.1. The summed E-state index contributed by atoms with van der Waals surface area (Å²) in [5, 5.41) is 3.26. The van der Waals surface area contributed by atoms with Gasteiger partial charge in [-0.3, -0.25) is 4.90 Å². The summed E-state index contributed by atoms with van der Waals surface area (Å²) < 4.78 is 0. The molecule has 0 heterocycles. The van der Waals surface area contributed by atoms with Crippen molar-refractivity contribution >= 4 is 0 Å². The predicted molar refractivity (Wildman–Crippen MR) is 59.8 cm³/mol. The highest BCUT2D eigenvalue weighted by atomic mass is 15.1. The number of hydrogen-bond acceptors (Lipinski definition) is 2. The van der Waals surface area contributed by atoms with E-state index < -0.39 is 0 Å². The van der Waals surface area contributed by atoms with Crippen LogP contribution in [0.3, 0.4) is 0 Å². The van der Waals surface area contributed by atoms with Crippen molar-refractivity contribution in [2.75, 3.05) is 26.2 Å². The Morgan fingerprint density at radius 1 is 1.15 bits per heavy atom. The molecule has 0 aliphatic rings. The molecule has 2 heteroatoms. The highest BCUT2D eigenvalue weighted by Crippen LogP contribution is 1.97. The van der Waals surface area contributed by atoms with E-state index in [0.717, 1.165) is 18.8 Å². The molecule has 0 aliphatic carbocycles. The minimum absolute atomic E-state index is 0.977. The average molecular weight is 184 g/mol. The van der Waals surface area contributed by atoms with E-state index >= 15 is 0 Å². The summed E-state index contributed by atoms with van der Waals surface area (Å²) >= 11 is 0. The van der Waals surface area contributed by atoms with Crippen molar-refractivity contribution in [2.24, 2.45) is 0 Å². The molecule has 0 amide bonds. The zero-order valence-electron chi connectivity index (χ0n) is 9.40. The molecule has 0 saturated carbocycles. The summed E-state index contributed by atoms with van der Waals surface area (Å²) in [7, 11) is 0. The van der Waals surface area contributed by atoms with Gasteiger partial charge < -0.3 is 5.32 Å². The molecule has 0 radical (unpaired) electrons. The van der Waals surface area contributed by atoms with Gasteiger partial charge in [0.25, 0.3) is 0 Å². The van der Waals surface area contributed by atoms with Crippen molar-refractivity contribution in [1.82, 2.24) is 10.2 Å². The molecular weight excluding hydrogens is 160 g/mol. The fraction of sp³-hybridized carbons (Fsp3) is 0.818. The summed E-state index contributed by atoms with van der Waals surface area (Å²) in [5.74, 6) is 0. The second kappa shape index (κ2) is 8.11. The maximum Gasteiger partial charge on any atom is 0.0375 e. The number of likely N-dealkylation sites (N-methyl/N-ethyl adjacent to an activating group) is 1. The first-order valence-electron chi connectivity index (χ1n) is 5.38. The van der Waals surface area contributed by atoms with E-state index in [1.165, 1.54) is 25.9 Å². The van der Waals surface area contributed by atoms with Crippen LogP contribution in [0.25, 0.3) is 0 Å². The first kappa shape index (κ1) is 12.5. The van der Waals surface area contributed by atoms with Gasteiger partial charge in [-0.05, 0) is 32.9 Å². The van der Waals surface area contributed by atoms with Gasteiger partial charge in [0.15, 0.2) is 0 Å². The van der Waals surface area contributed by atoms with Crippen molar-refractivity contribution in [3.05, 3.63) is 12.3 Å². The quantitative estimate of drug-likeness (QED) is 0.622. The fourth-order valence-corrected chi connectivity index (χ4v) is 1.48. The van der Waals surface area contributed by atoms with Crippen LogP contribution >= 0.6 is 0 Å². The maximum absolute atomic E-state index is 4.00. The van der Waals surface area contributed by atoms with Gasteiger partial charge in [0.2, 0.25) is 0 Å². The Labute approximate surface area is 83.0 Å². The molecule has 0 aromatic heterocycles. The molecular formula is C11H24N2. The molecule has 0 atom stereocenters. The predicted octanol–water partition coefficient (Wildman–Crippen LogP) is 2.23. The summed E-state index contributed by atoms with van der Waals surface area (Å²) in [6.07, 6.45) is 2.44.